The number of hydrogen-bond donors (Lipinski definition) is 0. The molecule has 0 bridgehead atoms. The van der Waals surface area contributed by atoms with Gasteiger partial charge in [-0.15, -0.1) is 0 Å². The summed E-state index contributed by atoms with van der Waals surface area (Å²) in [6.45, 7) is 2.55. The van der Waals surface area contributed by atoms with Crippen molar-refractivity contribution < 1.29 is 9.53 Å². The number of aromatic nitrogens is 1. The number of allylic oxidation sites excluding steroid dienone is 2. The highest BCUT2D eigenvalue weighted by Crippen LogP contribution is 2.12. The molecule has 0 saturated heterocycles. The van der Waals surface area contributed by atoms with E-state index in [0.29, 0.717) is 6.42 Å². The van der Waals surface area contributed by atoms with Crippen molar-refractivity contribution in [1.82, 2.24) is 4.98 Å². The second-order valence-corrected chi connectivity index (χ2v) is 8.02. The van der Waals surface area contributed by atoms with E-state index < -0.39 is 0 Å². The summed E-state index contributed by atoms with van der Waals surface area (Å²) in [5, 5.41) is 0. The SMILES string of the molecule is CCCCCCCCCCCCCCC=CCCCC(=O)OCc1ccccn1. The third-order valence-corrected chi connectivity index (χ3v) is 5.25. The molecule has 0 fully saturated rings. The lowest BCUT2D eigenvalue weighted by Crippen LogP contribution is -2.04. The van der Waals surface area contributed by atoms with Gasteiger partial charge in [0.2, 0.25) is 0 Å². The van der Waals surface area contributed by atoms with E-state index in [9.17, 15) is 4.79 Å². The quantitative estimate of drug-likeness (QED) is 0.134. The number of ether oxygens (including phenoxy) is 1. The van der Waals surface area contributed by atoms with Gasteiger partial charge in [-0.2, -0.15) is 0 Å². The lowest BCUT2D eigenvalue weighted by molar-refractivity contribution is -0.145. The summed E-state index contributed by atoms with van der Waals surface area (Å²) in [6.07, 6.45) is 26.4. The highest BCUT2D eigenvalue weighted by atomic mass is 16.5. The van der Waals surface area contributed by atoms with Gasteiger partial charge in [0.1, 0.15) is 6.61 Å². The number of unbranched alkanes of at least 4 members (excludes halogenated alkanes) is 13. The number of nitrogens with zero attached hydrogens (tertiary/aromatic N) is 1. The molecule has 0 aliphatic carbocycles. The average Bonchev–Trinajstić information content (AvgIpc) is 2.75. The Bertz CT molecular complexity index is 513. The van der Waals surface area contributed by atoms with Crippen LogP contribution in [0.25, 0.3) is 0 Å². The van der Waals surface area contributed by atoms with E-state index in [1.54, 1.807) is 6.20 Å². The highest BCUT2D eigenvalue weighted by Gasteiger charge is 2.02. The molecule has 0 aliphatic rings. The molecule has 1 heterocycles. The molecule has 0 spiro atoms. The number of esters is 1. The van der Waals surface area contributed by atoms with Gasteiger partial charge < -0.3 is 4.74 Å². The summed E-state index contributed by atoms with van der Waals surface area (Å²) in [6, 6.07) is 5.62. The Morgan fingerprint density at radius 3 is 2.00 bits per heavy atom. The van der Waals surface area contributed by atoms with Crippen LogP contribution in [0.15, 0.2) is 36.5 Å². The van der Waals surface area contributed by atoms with Gasteiger partial charge in [0.15, 0.2) is 0 Å². The van der Waals surface area contributed by atoms with Crippen molar-refractivity contribution in [2.75, 3.05) is 0 Å². The number of carbonyl (C=O) groups excluding carboxylic acids is 1. The zero-order chi connectivity index (χ0) is 20.8. The van der Waals surface area contributed by atoms with Crippen molar-refractivity contribution in [2.24, 2.45) is 0 Å². The summed E-state index contributed by atoms with van der Waals surface area (Å²) >= 11 is 0. The van der Waals surface area contributed by atoms with E-state index in [-0.39, 0.29) is 12.6 Å². The van der Waals surface area contributed by atoms with Crippen LogP contribution in [-0.2, 0) is 16.1 Å². The molecule has 0 atom stereocenters. The van der Waals surface area contributed by atoms with Crippen LogP contribution in [-0.4, -0.2) is 11.0 Å². The molecule has 164 valence electrons. The van der Waals surface area contributed by atoms with Crippen LogP contribution in [0.4, 0.5) is 0 Å². The lowest BCUT2D eigenvalue weighted by atomic mass is 10.0. The topological polar surface area (TPSA) is 39.2 Å². The maximum atomic E-state index is 11.7. The number of rotatable bonds is 19. The lowest BCUT2D eigenvalue weighted by Gasteiger charge is -2.03. The van der Waals surface area contributed by atoms with E-state index in [2.05, 4.69) is 24.1 Å². The Labute approximate surface area is 179 Å². The third-order valence-electron chi connectivity index (χ3n) is 5.25. The van der Waals surface area contributed by atoms with Crippen LogP contribution in [0.3, 0.4) is 0 Å². The van der Waals surface area contributed by atoms with Crippen LogP contribution in [0, 0.1) is 0 Å². The van der Waals surface area contributed by atoms with Gasteiger partial charge in [0, 0.05) is 12.6 Å². The summed E-state index contributed by atoms with van der Waals surface area (Å²) < 4.78 is 5.23. The Morgan fingerprint density at radius 2 is 1.41 bits per heavy atom. The first-order valence-corrected chi connectivity index (χ1v) is 12.0. The van der Waals surface area contributed by atoms with Crippen molar-refractivity contribution in [1.29, 1.82) is 0 Å². The average molecular weight is 402 g/mol. The van der Waals surface area contributed by atoms with Crippen LogP contribution in [0.1, 0.15) is 115 Å². The Kier molecular flexibility index (Phi) is 17.2. The largest absolute Gasteiger partial charge is 0.459 e. The predicted octanol–water partition coefficient (Wildman–Crippen LogP) is 7.94. The molecule has 3 heteroatoms. The Hall–Kier alpha value is -1.64. The number of carbonyl (C=O) groups is 1. The monoisotopic (exact) mass is 401 g/mol. The van der Waals surface area contributed by atoms with Crippen molar-refractivity contribution in [3.8, 4) is 0 Å². The molecule has 1 rings (SSSR count). The smallest absolute Gasteiger partial charge is 0.306 e. The van der Waals surface area contributed by atoms with Crippen molar-refractivity contribution in [2.45, 2.75) is 116 Å². The fourth-order valence-electron chi connectivity index (χ4n) is 3.41. The van der Waals surface area contributed by atoms with E-state index in [4.69, 9.17) is 4.74 Å². The zero-order valence-corrected chi connectivity index (χ0v) is 18.7. The molecule has 0 unspecified atom stereocenters. The molecular weight excluding hydrogens is 358 g/mol. The van der Waals surface area contributed by atoms with Crippen molar-refractivity contribution in [3.63, 3.8) is 0 Å². The standard InChI is InChI=1S/C26H43NO2/c1-2-3-4-5-6-7-8-9-10-11-12-13-14-15-16-17-18-22-26(28)29-24-25-21-19-20-23-27-25/h15-16,19-21,23H,2-14,17-18,22,24H2,1H3. The fourth-order valence-corrected chi connectivity index (χ4v) is 3.41. The molecule has 0 saturated carbocycles. The molecule has 29 heavy (non-hydrogen) atoms. The molecule has 0 aromatic carbocycles. The first-order chi connectivity index (χ1) is 14.3. The molecule has 0 amide bonds. The third kappa shape index (κ3) is 17.0. The minimum Gasteiger partial charge on any atom is -0.459 e. The van der Waals surface area contributed by atoms with E-state index in [1.807, 2.05) is 18.2 Å². The molecule has 1 aromatic rings. The van der Waals surface area contributed by atoms with Gasteiger partial charge in [-0.3, -0.25) is 9.78 Å². The second kappa shape index (κ2) is 19.7. The van der Waals surface area contributed by atoms with Gasteiger partial charge in [0.25, 0.3) is 0 Å². The predicted molar refractivity (Wildman–Crippen MR) is 123 cm³/mol. The first-order valence-electron chi connectivity index (χ1n) is 12.0. The van der Waals surface area contributed by atoms with Gasteiger partial charge in [-0.05, 0) is 37.8 Å². The zero-order valence-electron chi connectivity index (χ0n) is 18.7. The highest BCUT2D eigenvalue weighted by molar-refractivity contribution is 5.69. The van der Waals surface area contributed by atoms with Gasteiger partial charge >= 0.3 is 5.97 Å². The van der Waals surface area contributed by atoms with Gasteiger partial charge in [0.05, 0.1) is 5.69 Å². The molecular formula is C26H43NO2. The molecule has 1 aromatic heterocycles. The van der Waals surface area contributed by atoms with Crippen LogP contribution in [0.5, 0.6) is 0 Å². The van der Waals surface area contributed by atoms with Crippen LogP contribution < -0.4 is 0 Å². The minimum atomic E-state index is -0.134. The normalized spacial score (nSPS) is 11.2. The summed E-state index contributed by atoms with van der Waals surface area (Å²) in [7, 11) is 0. The summed E-state index contributed by atoms with van der Waals surface area (Å²) in [4.78, 5) is 15.8. The van der Waals surface area contributed by atoms with Crippen molar-refractivity contribution >= 4 is 5.97 Å². The molecule has 0 radical (unpaired) electrons. The molecule has 3 nitrogen and oxygen atoms in total. The minimum absolute atomic E-state index is 0.134. The van der Waals surface area contributed by atoms with E-state index >= 15 is 0 Å². The Balaban J connectivity index is 1.79. The summed E-state index contributed by atoms with van der Waals surface area (Å²) in [5.74, 6) is -0.134. The summed E-state index contributed by atoms with van der Waals surface area (Å²) in [5.41, 5.74) is 0.795. The van der Waals surface area contributed by atoms with Crippen LogP contribution in [0.2, 0.25) is 0 Å². The maximum absolute atomic E-state index is 11.7. The van der Waals surface area contributed by atoms with E-state index in [1.165, 1.54) is 83.5 Å². The van der Waals surface area contributed by atoms with Crippen molar-refractivity contribution in [3.05, 3.63) is 42.2 Å². The number of hydrogen-bond acceptors (Lipinski definition) is 3. The fraction of sp³-hybridized carbons (Fsp3) is 0.692. The molecule has 0 aliphatic heterocycles. The molecule has 0 N–H and O–H groups in total. The van der Waals surface area contributed by atoms with Gasteiger partial charge in [-0.1, -0.05) is 95.8 Å². The number of pyridine rings is 1. The second-order valence-electron chi connectivity index (χ2n) is 8.02. The van der Waals surface area contributed by atoms with Crippen LogP contribution >= 0.6 is 0 Å². The van der Waals surface area contributed by atoms with E-state index in [0.717, 1.165) is 18.5 Å². The first kappa shape index (κ1) is 25.4. The Morgan fingerprint density at radius 1 is 0.828 bits per heavy atom. The maximum Gasteiger partial charge on any atom is 0.306 e. The van der Waals surface area contributed by atoms with Gasteiger partial charge in [-0.25, -0.2) is 0 Å².